The van der Waals surface area contributed by atoms with Crippen LogP contribution in [-0.4, -0.2) is 66.3 Å². The number of rotatable bonds is 7. The molecule has 5 rings (SSSR count). The minimum atomic E-state index is -1.26. The highest BCUT2D eigenvalue weighted by Crippen LogP contribution is 2.33. The first-order chi connectivity index (χ1) is 16.6. The van der Waals surface area contributed by atoms with Gasteiger partial charge >= 0.3 is 0 Å². The maximum absolute atomic E-state index is 10.4. The number of hydrogen-bond donors (Lipinski definition) is 4. The lowest BCUT2D eigenvalue weighted by Crippen LogP contribution is -2.33. The summed E-state index contributed by atoms with van der Waals surface area (Å²) in [6.07, 6.45) is -2.94. The van der Waals surface area contributed by atoms with Crippen molar-refractivity contribution in [3.63, 3.8) is 0 Å². The van der Waals surface area contributed by atoms with Gasteiger partial charge in [0.15, 0.2) is 23.2 Å². The Kier molecular flexibility index (Phi) is 6.44. The van der Waals surface area contributed by atoms with Crippen LogP contribution < -0.4 is 5.32 Å². The Morgan fingerprint density at radius 3 is 2.21 bits per heavy atom. The summed E-state index contributed by atoms with van der Waals surface area (Å²) in [5.74, 6) is 0.492. The van der Waals surface area contributed by atoms with Gasteiger partial charge in [-0.25, -0.2) is 4.98 Å². The molecule has 4 atom stereocenters. The molecule has 176 valence electrons. The number of ether oxygens (including phenoxy) is 1. The summed E-state index contributed by atoms with van der Waals surface area (Å²) in [6.45, 7) is 0.0987. The summed E-state index contributed by atoms with van der Waals surface area (Å²) in [7, 11) is 0. The maximum Gasteiger partial charge on any atom is 0.226 e. The molecule has 4 unspecified atom stereocenters. The number of nitrogens with one attached hydrogen (secondary N) is 1. The van der Waals surface area contributed by atoms with Crippen LogP contribution in [0, 0.1) is 0 Å². The first-order valence-corrected chi connectivity index (χ1v) is 11.3. The van der Waals surface area contributed by atoms with E-state index in [-0.39, 0.29) is 11.2 Å². The molecule has 1 aliphatic rings. The molecule has 0 spiro atoms. The minimum Gasteiger partial charge on any atom is -0.394 e. The Morgan fingerprint density at radius 2 is 1.62 bits per heavy atom. The number of benzene rings is 2. The largest absolute Gasteiger partial charge is 0.394 e. The molecule has 3 heterocycles. The van der Waals surface area contributed by atoms with Crippen LogP contribution in [0.1, 0.15) is 23.3 Å². The first-order valence-electron chi connectivity index (χ1n) is 10.9. The van der Waals surface area contributed by atoms with Gasteiger partial charge in [0, 0.05) is 12.5 Å². The van der Waals surface area contributed by atoms with Crippen LogP contribution in [0.15, 0.2) is 67.0 Å². The van der Waals surface area contributed by atoms with Crippen LogP contribution in [0.4, 0.5) is 5.82 Å². The normalized spacial score (nSPS) is 22.5. The van der Waals surface area contributed by atoms with Crippen molar-refractivity contribution < 1.29 is 20.1 Å². The van der Waals surface area contributed by atoms with Gasteiger partial charge in [0.1, 0.15) is 18.3 Å². The molecule has 10 heteroatoms. The zero-order chi connectivity index (χ0) is 23.7. The van der Waals surface area contributed by atoms with E-state index in [4.69, 9.17) is 16.3 Å². The average molecular weight is 482 g/mol. The van der Waals surface area contributed by atoms with Crippen LogP contribution in [0.5, 0.6) is 0 Å². The van der Waals surface area contributed by atoms with E-state index in [9.17, 15) is 15.3 Å². The molecule has 2 aromatic heterocycles. The molecule has 1 aliphatic heterocycles. The average Bonchev–Trinajstić information content (AvgIpc) is 3.41. The highest BCUT2D eigenvalue weighted by Gasteiger charge is 2.44. The number of aliphatic hydroxyl groups is 3. The predicted molar refractivity (Wildman–Crippen MR) is 127 cm³/mol. The summed E-state index contributed by atoms with van der Waals surface area (Å²) < 4.78 is 7.12. The van der Waals surface area contributed by atoms with Gasteiger partial charge in [-0.05, 0) is 22.7 Å². The van der Waals surface area contributed by atoms with E-state index in [0.29, 0.717) is 23.5 Å². The number of aliphatic hydroxyl groups excluding tert-OH is 3. The quantitative estimate of drug-likeness (QED) is 0.296. The van der Waals surface area contributed by atoms with Crippen molar-refractivity contribution in [3.05, 3.63) is 83.4 Å². The highest BCUT2D eigenvalue weighted by molar-refractivity contribution is 6.28. The Labute approximate surface area is 200 Å². The molecule has 1 fully saturated rings. The summed E-state index contributed by atoms with van der Waals surface area (Å²) in [6, 6.07) is 20.3. The van der Waals surface area contributed by atoms with Gasteiger partial charge in [0.2, 0.25) is 5.28 Å². The summed E-state index contributed by atoms with van der Waals surface area (Å²) >= 11 is 6.23. The molecule has 0 amide bonds. The van der Waals surface area contributed by atoms with Gasteiger partial charge in [-0.3, -0.25) is 4.57 Å². The van der Waals surface area contributed by atoms with Crippen molar-refractivity contribution in [2.45, 2.75) is 30.5 Å². The Hall–Kier alpha value is -3.08. The van der Waals surface area contributed by atoms with Crippen molar-refractivity contribution in [3.8, 4) is 0 Å². The van der Waals surface area contributed by atoms with Crippen molar-refractivity contribution in [1.82, 2.24) is 19.5 Å². The van der Waals surface area contributed by atoms with Crippen molar-refractivity contribution in [1.29, 1.82) is 0 Å². The van der Waals surface area contributed by atoms with E-state index in [0.717, 1.165) is 11.1 Å². The summed E-state index contributed by atoms with van der Waals surface area (Å²) in [5, 5.41) is 33.3. The number of nitrogens with zero attached hydrogens (tertiary/aromatic N) is 4. The van der Waals surface area contributed by atoms with Crippen LogP contribution >= 0.6 is 11.6 Å². The molecule has 0 saturated carbocycles. The third-order valence-corrected chi connectivity index (χ3v) is 6.23. The molecule has 4 aromatic rings. The molecule has 0 aliphatic carbocycles. The number of halogens is 1. The number of anilines is 1. The van der Waals surface area contributed by atoms with Crippen LogP contribution in [0.25, 0.3) is 11.2 Å². The fourth-order valence-corrected chi connectivity index (χ4v) is 4.47. The van der Waals surface area contributed by atoms with Gasteiger partial charge in [0.05, 0.1) is 12.9 Å². The number of fused-ring (bicyclic) bond motifs is 1. The van der Waals surface area contributed by atoms with Gasteiger partial charge < -0.3 is 25.4 Å². The second-order valence-corrected chi connectivity index (χ2v) is 8.49. The Balaban J connectivity index is 1.46. The minimum absolute atomic E-state index is 0.000495. The molecule has 4 N–H and O–H groups in total. The molecule has 1 saturated heterocycles. The lowest BCUT2D eigenvalue weighted by Gasteiger charge is -2.19. The highest BCUT2D eigenvalue weighted by atomic mass is 35.5. The van der Waals surface area contributed by atoms with Gasteiger partial charge in [-0.2, -0.15) is 9.97 Å². The summed E-state index contributed by atoms with van der Waals surface area (Å²) in [4.78, 5) is 13.0. The maximum atomic E-state index is 10.4. The Morgan fingerprint density at radius 1 is 0.971 bits per heavy atom. The van der Waals surface area contributed by atoms with E-state index >= 15 is 0 Å². The van der Waals surface area contributed by atoms with Gasteiger partial charge in [-0.15, -0.1) is 0 Å². The van der Waals surface area contributed by atoms with Gasteiger partial charge in [0.25, 0.3) is 0 Å². The lowest BCUT2D eigenvalue weighted by atomic mass is 9.91. The van der Waals surface area contributed by atoms with Crippen LogP contribution in [0.2, 0.25) is 5.28 Å². The van der Waals surface area contributed by atoms with Crippen LogP contribution in [0.3, 0.4) is 0 Å². The SMILES string of the molecule is OCC1OC(n2cnc3c(NCC(c4ccccc4)c4ccccc4)nc(Cl)nc32)C(O)C1O. The van der Waals surface area contributed by atoms with E-state index in [1.807, 2.05) is 36.4 Å². The number of aromatic nitrogens is 4. The zero-order valence-corrected chi connectivity index (χ0v) is 18.8. The third-order valence-electron chi connectivity index (χ3n) is 6.06. The predicted octanol–water partition coefficient (Wildman–Crippen LogP) is 2.34. The monoisotopic (exact) mass is 481 g/mol. The number of hydrogen-bond acceptors (Lipinski definition) is 8. The molecule has 2 aromatic carbocycles. The van der Waals surface area contributed by atoms with Gasteiger partial charge in [-0.1, -0.05) is 60.7 Å². The second-order valence-electron chi connectivity index (χ2n) is 8.15. The lowest BCUT2D eigenvalue weighted by molar-refractivity contribution is -0.0511. The van der Waals surface area contributed by atoms with Crippen molar-refractivity contribution in [2.75, 3.05) is 18.5 Å². The Bertz CT molecular complexity index is 1220. The molecular formula is C24H24ClN5O4. The second kappa shape index (κ2) is 9.65. The zero-order valence-electron chi connectivity index (χ0n) is 18.1. The first kappa shape index (κ1) is 22.7. The molecule has 9 nitrogen and oxygen atoms in total. The van der Waals surface area contributed by atoms with Crippen LogP contribution in [-0.2, 0) is 4.74 Å². The third kappa shape index (κ3) is 4.24. The van der Waals surface area contributed by atoms with E-state index < -0.39 is 31.1 Å². The molecule has 34 heavy (non-hydrogen) atoms. The molecule has 0 bridgehead atoms. The van der Waals surface area contributed by atoms with E-state index in [1.165, 1.54) is 10.9 Å². The van der Waals surface area contributed by atoms with E-state index in [1.54, 1.807) is 0 Å². The summed E-state index contributed by atoms with van der Waals surface area (Å²) in [5.41, 5.74) is 3.08. The van der Waals surface area contributed by atoms with E-state index in [2.05, 4.69) is 44.5 Å². The number of imidazole rings is 1. The molecule has 0 radical (unpaired) electrons. The standard InChI is InChI=1S/C24H24ClN5O4/c25-24-28-21(26-11-16(14-7-3-1-4-8-14)15-9-5-2-6-10-15)18-22(29-24)30(13-27-18)23-20(33)19(32)17(12-31)34-23/h1-10,13,16-17,19-20,23,31-33H,11-12H2,(H,26,28,29). The fourth-order valence-electron chi connectivity index (χ4n) is 4.31. The fraction of sp³-hybridized carbons (Fsp3) is 0.292. The smallest absolute Gasteiger partial charge is 0.226 e. The van der Waals surface area contributed by atoms with Crippen molar-refractivity contribution >= 4 is 28.6 Å². The topological polar surface area (TPSA) is 126 Å². The van der Waals surface area contributed by atoms with Crippen molar-refractivity contribution in [2.24, 2.45) is 0 Å². The molecular weight excluding hydrogens is 458 g/mol.